The molecule has 0 bridgehead atoms. The highest BCUT2D eigenvalue weighted by molar-refractivity contribution is 7.80. The Bertz CT molecular complexity index is 1150. The normalized spacial score (nSPS) is 10.8. The van der Waals surface area contributed by atoms with Crippen LogP contribution in [0, 0.1) is 0 Å². The molecule has 7 heteroatoms. The Morgan fingerprint density at radius 1 is 0.964 bits per heavy atom. The number of anilines is 2. The van der Waals surface area contributed by atoms with Crippen molar-refractivity contribution < 1.29 is 0 Å². The van der Waals surface area contributed by atoms with Crippen LogP contribution in [0.15, 0.2) is 72.9 Å². The summed E-state index contributed by atoms with van der Waals surface area (Å²) in [7, 11) is 0. The molecule has 1 heterocycles. The molecule has 0 aliphatic rings. The molecule has 0 fully saturated rings. The van der Waals surface area contributed by atoms with Gasteiger partial charge in [0.25, 0.3) is 0 Å². The Balaban J connectivity index is 1.44. The molecule has 0 unspecified atom stereocenters. The molecule has 0 aliphatic carbocycles. The van der Waals surface area contributed by atoms with Crippen molar-refractivity contribution in [3.05, 3.63) is 88.5 Å². The molecule has 0 atom stereocenters. The van der Waals surface area contributed by atoms with Crippen LogP contribution in [0.1, 0.15) is 5.56 Å². The van der Waals surface area contributed by atoms with Gasteiger partial charge >= 0.3 is 0 Å². The fraction of sp³-hybridized carbons (Fsp3) is 0.0476. The van der Waals surface area contributed by atoms with E-state index in [0.717, 1.165) is 22.0 Å². The van der Waals surface area contributed by atoms with Crippen LogP contribution in [0.2, 0.25) is 10.0 Å². The van der Waals surface area contributed by atoms with Crippen LogP contribution in [-0.4, -0.2) is 14.9 Å². The summed E-state index contributed by atoms with van der Waals surface area (Å²) < 4.78 is 1.79. The summed E-state index contributed by atoms with van der Waals surface area (Å²) in [5.74, 6) is 0.655. The zero-order valence-electron chi connectivity index (χ0n) is 14.7. The van der Waals surface area contributed by atoms with Crippen molar-refractivity contribution >= 4 is 62.8 Å². The molecule has 0 radical (unpaired) electrons. The van der Waals surface area contributed by atoms with Crippen LogP contribution in [-0.2, 0) is 6.54 Å². The molecule has 3 aromatic carbocycles. The van der Waals surface area contributed by atoms with E-state index in [1.165, 1.54) is 0 Å². The molecule has 2 N–H and O–H groups in total. The Labute approximate surface area is 178 Å². The van der Waals surface area contributed by atoms with Crippen LogP contribution >= 0.6 is 35.4 Å². The van der Waals surface area contributed by atoms with E-state index in [2.05, 4.69) is 33.9 Å². The number of nitrogens with zero attached hydrogens (tertiary/aromatic N) is 2. The SMILES string of the molecule is S=C(Nc1ccn(Cc2ccc(Cl)cc2Cl)n1)Nc1cccc2ccccc12. The summed E-state index contributed by atoms with van der Waals surface area (Å²) in [6, 6.07) is 21.5. The summed E-state index contributed by atoms with van der Waals surface area (Å²) in [6.45, 7) is 0.543. The number of halogens is 2. The van der Waals surface area contributed by atoms with Gasteiger partial charge < -0.3 is 10.6 Å². The fourth-order valence-electron chi connectivity index (χ4n) is 2.95. The first-order chi connectivity index (χ1) is 13.6. The first kappa shape index (κ1) is 18.7. The zero-order chi connectivity index (χ0) is 19.5. The van der Waals surface area contributed by atoms with Gasteiger partial charge in [-0.1, -0.05) is 65.7 Å². The lowest BCUT2D eigenvalue weighted by molar-refractivity contribution is 0.690. The van der Waals surface area contributed by atoms with E-state index in [-0.39, 0.29) is 0 Å². The molecule has 0 saturated carbocycles. The highest BCUT2D eigenvalue weighted by Crippen LogP contribution is 2.24. The van der Waals surface area contributed by atoms with Crippen molar-refractivity contribution in [2.24, 2.45) is 0 Å². The lowest BCUT2D eigenvalue weighted by Gasteiger charge is -2.11. The number of rotatable bonds is 4. The third-order valence-electron chi connectivity index (χ3n) is 4.27. The summed E-state index contributed by atoms with van der Waals surface area (Å²) in [4.78, 5) is 0. The Hall–Kier alpha value is -2.60. The minimum atomic E-state index is 0.478. The maximum Gasteiger partial charge on any atom is 0.176 e. The van der Waals surface area contributed by atoms with Crippen LogP contribution in [0.4, 0.5) is 11.5 Å². The highest BCUT2D eigenvalue weighted by atomic mass is 35.5. The fourth-order valence-corrected chi connectivity index (χ4v) is 3.63. The Kier molecular flexibility index (Phi) is 5.48. The van der Waals surface area contributed by atoms with E-state index in [9.17, 15) is 0 Å². The standard InChI is InChI=1S/C21H16Cl2N4S/c22-16-9-8-15(18(23)12-16)13-27-11-10-20(26-27)25-21(28)24-19-7-3-5-14-4-1-2-6-17(14)19/h1-12H,13H2,(H2,24,25,26,28). The monoisotopic (exact) mass is 426 g/mol. The number of hydrogen-bond donors (Lipinski definition) is 2. The van der Waals surface area contributed by atoms with Gasteiger partial charge in [0.15, 0.2) is 10.9 Å². The predicted octanol–water partition coefficient (Wildman–Crippen LogP) is 6.20. The topological polar surface area (TPSA) is 41.9 Å². The molecule has 4 nitrogen and oxygen atoms in total. The van der Waals surface area contributed by atoms with Gasteiger partial charge in [0, 0.05) is 33.4 Å². The smallest absolute Gasteiger partial charge is 0.176 e. The van der Waals surface area contributed by atoms with Gasteiger partial charge in [0.05, 0.1) is 6.54 Å². The molecule has 28 heavy (non-hydrogen) atoms. The second-order valence-electron chi connectivity index (χ2n) is 6.24. The van der Waals surface area contributed by atoms with Gasteiger partial charge in [-0.2, -0.15) is 5.10 Å². The number of fused-ring (bicyclic) bond motifs is 1. The van der Waals surface area contributed by atoms with Crippen LogP contribution in [0.3, 0.4) is 0 Å². The molecule has 0 amide bonds. The maximum absolute atomic E-state index is 6.24. The summed E-state index contributed by atoms with van der Waals surface area (Å²) in [5.41, 5.74) is 1.89. The van der Waals surface area contributed by atoms with E-state index in [0.29, 0.717) is 27.5 Å². The minimum Gasteiger partial charge on any atom is -0.332 e. The molecule has 1 aromatic heterocycles. The highest BCUT2D eigenvalue weighted by Gasteiger charge is 2.07. The van der Waals surface area contributed by atoms with E-state index in [4.69, 9.17) is 35.4 Å². The maximum atomic E-state index is 6.24. The van der Waals surface area contributed by atoms with Crippen molar-refractivity contribution in [3.63, 3.8) is 0 Å². The van der Waals surface area contributed by atoms with Gasteiger partial charge in [0.1, 0.15) is 0 Å². The van der Waals surface area contributed by atoms with Gasteiger partial charge in [-0.25, -0.2) is 0 Å². The molecular weight excluding hydrogens is 411 g/mol. The molecular formula is C21H16Cl2N4S. The molecule has 140 valence electrons. The van der Waals surface area contributed by atoms with Crippen LogP contribution in [0.5, 0.6) is 0 Å². The molecule has 0 aliphatic heterocycles. The first-order valence-electron chi connectivity index (χ1n) is 8.62. The number of nitrogens with one attached hydrogen (secondary N) is 2. The van der Waals surface area contributed by atoms with Gasteiger partial charge in [0.2, 0.25) is 0 Å². The quantitative estimate of drug-likeness (QED) is 0.381. The van der Waals surface area contributed by atoms with Crippen molar-refractivity contribution in [2.75, 3.05) is 10.6 Å². The van der Waals surface area contributed by atoms with Crippen molar-refractivity contribution in [1.29, 1.82) is 0 Å². The second kappa shape index (κ2) is 8.19. The van der Waals surface area contributed by atoms with E-state index < -0.39 is 0 Å². The first-order valence-corrected chi connectivity index (χ1v) is 9.78. The Morgan fingerprint density at radius 2 is 1.79 bits per heavy atom. The predicted molar refractivity (Wildman–Crippen MR) is 122 cm³/mol. The lowest BCUT2D eigenvalue weighted by atomic mass is 10.1. The number of benzene rings is 3. The second-order valence-corrected chi connectivity index (χ2v) is 7.49. The summed E-state index contributed by atoms with van der Waals surface area (Å²) in [6.07, 6.45) is 1.87. The third-order valence-corrected chi connectivity index (χ3v) is 5.06. The van der Waals surface area contributed by atoms with Gasteiger partial charge in [-0.3, -0.25) is 4.68 Å². The lowest BCUT2D eigenvalue weighted by Crippen LogP contribution is -2.19. The van der Waals surface area contributed by atoms with Crippen LogP contribution < -0.4 is 10.6 Å². The average Bonchev–Trinajstić information content (AvgIpc) is 3.11. The molecule has 4 rings (SSSR count). The minimum absolute atomic E-state index is 0.478. The number of thiocarbonyl (C=S) groups is 1. The number of aromatic nitrogens is 2. The van der Waals surface area contributed by atoms with E-state index >= 15 is 0 Å². The van der Waals surface area contributed by atoms with Crippen LogP contribution in [0.25, 0.3) is 10.8 Å². The molecule has 0 spiro atoms. The van der Waals surface area contributed by atoms with Gasteiger partial charge in [-0.05, 0) is 41.4 Å². The van der Waals surface area contributed by atoms with Gasteiger partial charge in [-0.15, -0.1) is 0 Å². The average molecular weight is 427 g/mol. The summed E-state index contributed by atoms with van der Waals surface area (Å²) >= 11 is 17.6. The van der Waals surface area contributed by atoms with Crippen molar-refractivity contribution in [1.82, 2.24) is 9.78 Å². The number of hydrogen-bond acceptors (Lipinski definition) is 2. The largest absolute Gasteiger partial charge is 0.332 e. The summed E-state index contributed by atoms with van der Waals surface area (Å²) in [5, 5.41) is 14.8. The van der Waals surface area contributed by atoms with E-state index in [1.54, 1.807) is 10.7 Å². The van der Waals surface area contributed by atoms with Crippen molar-refractivity contribution in [3.8, 4) is 0 Å². The zero-order valence-corrected chi connectivity index (χ0v) is 17.0. The Morgan fingerprint density at radius 3 is 2.64 bits per heavy atom. The molecule has 0 saturated heterocycles. The van der Waals surface area contributed by atoms with Crippen molar-refractivity contribution in [2.45, 2.75) is 6.54 Å². The molecule has 4 aromatic rings. The van der Waals surface area contributed by atoms with E-state index in [1.807, 2.05) is 48.7 Å². The third kappa shape index (κ3) is 4.28.